The van der Waals surface area contributed by atoms with Gasteiger partial charge in [0.2, 0.25) is 0 Å². The SMILES string of the molecule is CC[C@@H](C)[NH2+]CCCOc1ccc([N+](=O)[O-])cc1. The van der Waals surface area contributed by atoms with Crippen LogP contribution in [0.2, 0.25) is 0 Å². The van der Waals surface area contributed by atoms with Gasteiger partial charge in [-0.25, -0.2) is 0 Å². The molecule has 1 aromatic rings. The summed E-state index contributed by atoms with van der Waals surface area (Å²) in [6, 6.07) is 6.85. The molecule has 1 rings (SSSR count). The number of benzene rings is 1. The highest BCUT2D eigenvalue weighted by Crippen LogP contribution is 2.17. The van der Waals surface area contributed by atoms with Gasteiger partial charge in [-0.1, -0.05) is 6.92 Å². The van der Waals surface area contributed by atoms with Crippen molar-refractivity contribution in [1.82, 2.24) is 0 Å². The molecule has 0 aliphatic carbocycles. The van der Waals surface area contributed by atoms with E-state index in [4.69, 9.17) is 4.74 Å². The highest BCUT2D eigenvalue weighted by Gasteiger charge is 2.04. The van der Waals surface area contributed by atoms with Crippen LogP contribution in [-0.4, -0.2) is 24.1 Å². The van der Waals surface area contributed by atoms with Crippen molar-refractivity contribution < 1.29 is 15.0 Å². The van der Waals surface area contributed by atoms with Crippen molar-refractivity contribution in [3.8, 4) is 5.75 Å². The van der Waals surface area contributed by atoms with Crippen molar-refractivity contribution in [2.45, 2.75) is 32.7 Å². The van der Waals surface area contributed by atoms with Gasteiger partial charge in [0.25, 0.3) is 5.69 Å². The van der Waals surface area contributed by atoms with Gasteiger partial charge in [0, 0.05) is 18.6 Å². The largest absolute Gasteiger partial charge is 0.493 e. The number of nitrogens with zero attached hydrogens (tertiary/aromatic N) is 1. The van der Waals surface area contributed by atoms with Gasteiger partial charge >= 0.3 is 0 Å². The molecule has 5 nitrogen and oxygen atoms in total. The van der Waals surface area contributed by atoms with Crippen molar-refractivity contribution in [3.63, 3.8) is 0 Å². The van der Waals surface area contributed by atoms with Crippen LogP contribution in [0.1, 0.15) is 26.7 Å². The fourth-order valence-corrected chi connectivity index (χ4v) is 1.51. The van der Waals surface area contributed by atoms with Crippen LogP contribution in [0.15, 0.2) is 24.3 Å². The molecular formula is C13H21N2O3+. The number of rotatable bonds is 8. The van der Waals surface area contributed by atoms with Crippen molar-refractivity contribution in [1.29, 1.82) is 0 Å². The minimum atomic E-state index is -0.412. The summed E-state index contributed by atoms with van der Waals surface area (Å²) in [7, 11) is 0. The molecule has 1 atom stereocenters. The van der Waals surface area contributed by atoms with Crippen molar-refractivity contribution in [2.75, 3.05) is 13.2 Å². The molecule has 0 aromatic heterocycles. The molecule has 0 fully saturated rings. The second-order valence-electron chi connectivity index (χ2n) is 4.36. The van der Waals surface area contributed by atoms with Gasteiger partial charge in [0.15, 0.2) is 0 Å². The third-order valence-electron chi connectivity index (χ3n) is 2.88. The minimum Gasteiger partial charge on any atom is -0.493 e. The average molecular weight is 253 g/mol. The smallest absolute Gasteiger partial charge is 0.269 e. The molecular weight excluding hydrogens is 232 g/mol. The summed E-state index contributed by atoms with van der Waals surface area (Å²) in [4.78, 5) is 10.1. The summed E-state index contributed by atoms with van der Waals surface area (Å²) in [5.41, 5.74) is 0.0902. The average Bonchev–Trinajstić information content (AvgIpc) is 2.38. The molecule has 0 bridgehead atoms. The van der Waals surface area contributed by atoms with Crippen LogP contribution >= 0.6 is 0 Å². The van der Waals surface area contributed by atoms with Crippen molar-refractivity contribution in [3.05, 3.63) is 34.4 Å². The number of hydrogen-bond donors (Lipinski definition) is 1. The lowest BCUT2D eigenvalue weighted by atomic mass is 10.2. The van der Waals surface area contributed by atoms with Gasteiger partial charge in [0.05, 0.1) is 24.1 Å². The third kappa shape index (κ3) is 5.14. The van der Waals surface area contributed by atoms with E-state index < -0.39 is 4.92 Å². The maximum atomic E-state index is 10.5. The Balaban J connectivity index is 2.21. The predicted molar refractivity (Wildman–Crippen MR) is 69.8 cm³/mol. The van der Waals surface area contributed by atoms with Crippen molar-refractivity contribution >= 4 is 5.69 Å². The normalized spacial score (nSPS) is 12.1. The van der Waals surface area contributed by atoms with E-state index in [9.17, 15) is 10.1 Å². The van der Waals surface area contributed by atoms with Crippen LogP contribution in [0.3, 0.4) is 0 Å². The number of nitro benzene ring substituents is 1. The first-order valence-electron chi connectivity index (χ1n) is 6.34. The number of hydrogen-bond acceptors (Lipinski definition) is 3. The molecule has 0 radical (unpaired) electrons. The second kappa shape index (κ2) is 7.66. The van der Waals surface area contributed by atoms with Gasteiger partial charge in [0.1, 0.15) is 5.75 Å². The summed E-state index contributed by atoms with van der Waals surface area (Å²) < 4.78 is 5.51. The van der Waals surface area contributed by atoms with Crippen LogP contribution in [0, 0.1) is 10.1 Å². The van der Waals surface area contributed by atoms with E-state index in [2.05, 4.69) is 19.2 Å². The Morgan fingerprint density at radius 1 is 1.39 bits per heavy atom. The quantitative estimate of drug-likeness (QED) is 0.436. The van der Waals surface area contributed by atoms with E-state index in [1.54, 1.807) is 12.1 Å². The molecule has 0 saturated heterocycles. The predicted octanol–water partition coefficient (Wildman–Crippen LogP) is 1.73. The first-order chi connectivity index (χ1) is 8.63. The first-order valence-corrected chi connectivity index (χ1v) is 6.34. The van der Waals surface area contributed by atoms with Crippen LogP contribution in [-0.2, 0) is 0 Å². The Labute approximate surface area is 107 Å². The number of ether oxygens (including phenoxy) is 1. The molecule has 0 aliphatic rings. The highest BCUT2D eigenvalue weighted by molar-refractivity contribution is 5.35. The maximum absolute atomic E-state index is 10.5. The topological polar surface area (TPSA) is 69.0 Å². The fraction of sp³-hybridized carbons (Fsp3) is 0.538. The molecule has 1 aromatic carbocycles. The standard InChI is InChI=1S/C13H20N2O3/c1-3-11(2)14-9-4-10-18-13-7-5-12(6-8-13)15(16)17/h5-8,11,14H,3-4,9-10H2,1-2H3/p+1/t11-/m1/s1. The number of non-ortho nitro benzene ring substituents is 1. The Morgan fingerprint density at radius 3 is 2.61 bits per heavy atom. The zero-order valence-electron chi connectivity index (χ0n) is 11.0. The van der Waals surface area contributed by atoms with E-state index in [1.807, 2.05) is 0 Å². The monoisotopic (exact) mass is 253 g/mol. The lowest BCUT2D eigenvalue weighted by molar-refractivity contribution is -0.686. The summed E-state index contributed by atoms with van der Waals surface area (Å²) >= 11 is 0. The molecule has 0 saturated carbocycles. The molecule has 2 N–H and O–H groups in total. The zero-order valence-corrected chi connectivity index (χ0v) is 11.0. The highest BCUT2D eigenvalue weighted by atomic mass is 16.6. The van der Waals surface area contributed by atoms with Gasteiger partial charge < -0.3 is 10.1 Å². The lowest BCUT2D eigenvalue weighted by Gasteiger charge is -2.08. The van der Waals surface area contributed by atoms with E-state index in [0.29, 0.717) is 18.4 Å². The van der Waals surface area contributed by atoms with Gasteiger partial charge in [-0.3, -0.25) is 10.1 Å². The van der Waals surface area contributed by atoms with Gasteiger partial charge in [-0.05, 0) is 25.5 Å². The molecule has 0 aliphatic heterocycles. The molecule has 5 heteroatoms. The Morgan fingerprint density at radius 2 is 2.06 bits per heavy atom. The van der Waals surface area contributed by atoms with E-state index in [1.165, 1.54) is 18.6 Å². The molecule has 0 amide bonds. The summed E-state index contributed by atoms with van der Waals surface area (Å²) in [5, 5.41) is 12.8. The number of nitrogens with two attached hydrogens (primary N) is 1. The summed E-state index contributed by atoms with van der Waals surface area (Å²) in [5.74, 6) is 0.684. The maximum Gasteiger partial charge on any atom is 0.269 e. The molecule has 100 valence electrons. The van der Waals surface area contributed by atoms with E-state index in [-0.39, 0.29) is 5.69 Å². The zero-order chi connectivity index (χ0) is 13.4. The molecule has 0 spiro atoms. The van der Waals surface area contributed by atoms with Gasteiger partial charge in [-0.15, -0.1) is 0 Å². The Bertz CT molecular complexity index is 365. The molecule has 0 unspecified atom stereocenters. The van der Waals surface area contributed by atoms with Crippen molar-refractivity contribution in [2.24, 2.45) is 0 Å². The summed E-state index contributed by atoms with van der Waals surface area (Å²) in [6.45, 7) is 6.07. The third-order valence-corrected chi connectivity index (χ3v) is 2.88. The van der Waals surface area contributed by atoms with Crippen LogP contribution in [0.25, 0.3) is 0 Å². The van der Waals surface area contributed by atoms with Crippen LogP contribution in [0.5, 0.6) is 5.75 Å². The summed E-state index contributed by atoms with van der Waals surface area (Å²) in [6.07, 6.45) is 2.14. The lowest BCUT2D eigenvalue weighted by Crippen LogP contribution is -2.89. The molecule has 0 heterocycles. The Kier molecular flexibility index (Phi) is 6.14. The van der Waals surface area contributed by atoms with Crippen LogP contribution in [0.4, 0.5) is 5.69 Å². The number of nitro groups is 1. The van der Waals surface area contributed by atoms with Gasteiger partial charge in [-0.2, -0.15) is 0 Å². The van der Waals surface area contributed by atoms with Crippen LogP contribution < -0.4 is 10.1 Å². The van der Waals surface area contributed by atoms with E-state index in [0.717, 1.165) is 13.0 Å². The minimum absolute atomic E-state index is 0.0902. The fourth-order valence-electron chi connectivity index (χ4n) is 1.51. The second-order valence-corrected chi connectivity index (χ2v) is 4.36. The number of quaternary nitrogens is 1. The molecule has 18 heavy (non-hydrogen) atoms. The first kappa shape index (κ1) is 14.4. The van der Waals surface area contributed by atoms with E-state index >= 15 is 0 Å². The Hall–Kier alpha value is -1.62.